The van der Waals surface area contributed by atoms with Crippen LogP contribution in [0.1, 0.15) is 28.8 Å². The van der Waals surface area contributed by atoms with Gasteiger partial charge in [-0.25, -0.2) is 13.8 Å². The fourth-order valence-electron chi connectivity index (χ4n) is 2.65. The maximum Gasteiger partial charge on any atom is 0.271 e. The van der Waals surface area contributed by atoms with E-state index in [1.807, 2.05) is 24.3 Å². The first-order valence-electron chi connectivity index (χ1n) is 8.16. The Morgan fingerprint density at radius 2 is 1.81 bits per heavy atom. The molecule has 1 fully saturated rings. The van der Waals surface area contributed by atoms with E-state index in [2.05, 4.69) is 26.5 Å². The lowest BCUT2D eigenvalue weighted by Crippen LogP contribution is -2.28. The van der Waals surface area contributed by atoms with Crippen LogP contribution in [0.25, 0.3) is 0 Å². The van der Waals surface area contributed by atoms with Crippen molar-refractivity contribution in [3.05, 3.63) is 64.1 Å². The van der Waals surface area contributed by atoms with E-state index in [1.165, 1.54) is 22.7 Å². The van der Waals surface area contributed by atoms with E-state index < -0.39 is 15.9 Å². The lowest BCUT2D eigenvalue weighted by Gasteiger charge is -2.15. The van der Waals surface area contributed by atoms with Crippen molar-refractivity contribution in [1.29, 1.82) is 0 Å². The number of halogens is 1. The van der Waals surface area contributed by atoms with Crippen LogP contribution in [-0.4, -0.2) is 37.9 Å². The fraction of sp³-hybridized carbons (Fsp3) is 0.222. The van der Waals surface area contributed by atoms with Gasteiger partial charge in [-0.3, -0.25) is 4.79 Å². The molecule has 26 heavy (non-hydrogen) atoms. The van der Waals surface area contributed by atoms with E-state index in [1.54, 1.807) is 12.1 Å². The van der Waals surface area contributed by atoms with Crippen molar-refractivity contribution in [2.45, 2.75) is 17.7 Å². The van der Waals surface area contributed by atoms with Crippen LogP contribution in [0.15, 0.2) is 63.0 Å². The standard InChI is InChI=1S/C18H18BrN3O3S/c19-16-8-6-14(7-9-16)13-20-21-18(23)15-4-3-5-17(12-15)26(24,25)22-10-1-2-11-22/h3-9,12-13H,1-2,10-11H2,(H,21,23)/b20-13-. The van der Waals surface area contributed by atoms with Crippen LogP contribution in [0.4, 0.5) is 0 Å². The quantitative estimate of drug-likeness (QED) is 0.578. The highest BCUT2D eigenvalue weighted by Gasteiger charge is 2.27. The Hall–Kier alpha value is -2.03. The van der Waals surface area contributed by atoms with Crippen molar-refractivity contribution >= 4 is 38.1 Å². The van der Waals surface area contributed by atoms with Crippen molar-refractivity contribution in [3.63, 3.8) is 0 Å². The van der Waals surface area contributed by atoms with E-state index in [0.717, 1.165) is 22.9 Å². The van der Waals surface area contributed by atoms with Crippen LogP contribution in [0.5, 0.6) is 0 Å². The SMILES string of the molecule is O=C(N/N=C\c1ccc(Br)cc1)c1cccc(S(=O)(=O)N2CCCC2)c1. The molecule has 0 bridgehead atoms. The number of hydrogen-bond donors (Lipinski definition) is 1. The molecule has 0 saturated carbocycles. The van der Waals surface area contributed by atoms with Crippen LogP contribution in [0.3, 0.4) is 0 Å². The molecule has 0 aliphatic carbocycles. The lowest BCUT2D eigenvalue weighted by atomic mass is 10.2. The Balaban J connectivity index is 1.71. The van der Waals surface area contributed by atoms with E-state index >= 15 is 0 Å². The van der Waals surface area contributed by atoms with E-state index in [9.17, 15) is 13.2 Å². The minimum absolute atomic E-state index is 0.129. The summed E-state index contributed by atoms with van der Waals surface area (Å²) in [6.45, 7) is 1.05. The molecule has 2 aromatic rings. The molecule has 0 unspecified atom stereocenters. The Labute approximate surface area is 161 Å². The van der Waals surface area contributed by atoms with Crippen molar-refractivity contribution in [2.24, 2.45) is 5.10 Å². The molecule has 1 aliphatic rings. The van der Waals surface area contributed by atoms with Gasteiger partial charge in [-0.2, -0.15) is 9.41 Å². The Bertz CT molecular complexity index is 921. The van der Waals surface area contributed by atoms with Gasteiger partial charge < -0.3 is 0 Å². The molecule has 3 rings (SSSR count). The number of hydrogen-bond acceptors (Lipinski definition) is 4. The lowest BCUT2D eigenvalue weighted by molar-refractivity contribution is 0.0955. The van der Waals surface area contributed by atoms with Crippen LogP contribution >= 0.6 is 15.9 Å². The van der Waals surface area contributed by atoms with Crippen LogP contribution in [0, 0.1) is 0 Å². The van der Waals surface area contributed by atoms with E-state index in [-0.39, 0.29) is 10.5 Å². The van der Waals surface area contributed by atoms with Gasteiger partial charge in [0.2, 0.25) is 10.0 Å². The van der Waals surface area contributed by atoms with E-state index in [4.69, 9.17) is 0 Å². The van der Waals surface area contributed by atoms with Gasteiger partial charge in [-0.1, -0.05) is 34.1 Å². The maximum absolute atomic E-state index is 12.6. The Kier molecular flexibility index (Phi) is 5.85. The highest BCUT2D eigenvalue weighted by atomic mass is 79.9. The fourth-order valence-corrected chi connectivity index (χ4v) is 4.48. The monoisotopic (exact) mass is 435 g/mol. The molecule has 6 nitrogen and oxygen atoms in total. The van der Waals surface area contributed by atoms with Crippen molar-refractivity contribution in [1.82, 2.24) is 9.73 Å². The first-order valence-corrected chi connectivity index (χ1v) is 10.4. The number of nitrogens with zero attached hydrogens (tertiary/aromatic N) is 2. The van der Waals surface area contributed by atoms with Gasteiger partial charge in [-0.05, 0) is 48.7 Å². The molecule has 1 amide bonds. The number of sulfonamides is 1. The zero-order chi connectivity index (χ0) is 18.6. The number of nitrogens with one attached hydrogen (secondary N) is 1. The van der Waals surface area contributed by atoms with Gasteiger partial charge >= 0.3 is 0 Å². The molecular formula is C18H18BrN3O3S. The molecule has 136 valence electrons. The van der Waals surface area contributed by atoms with Gasteiger partial charge in [0.15, 0.2) is 0 Å². The number of carbonyl (C=O) groups excluding carboxylic acids is 1. The third-order valence-electron chi connectivity index (χ3n) is 4.05. The molecule has 0 aromatic heterocycles. The van der Waals surface area contributed by atoms with Crippen molar-refractivity contribution in [2.75, 3.05) is 13.1 Å². The molecule has 8 heteroatoms. The van der Waals surface area contributed by atoms with Gasteiger partial charge in [-0.15, -0.1) is 0 Å². The Morgan fingerprint density at radius 1 is 1.12 bits per heavy atom. The largest absolute Gasteiger partial charge is 0.271 e. The van der Waals surface area contributed by atoms with Gasteiger partial charge in [0.05, 0.1) is 11.1 Å². The number of amides is 1. The predicted octanol–water partition coefficient (Wildman–Crippen LogP) is 3.00. The Morgan fingerprint density at radius 3 is 2.50 bits per heavy atom. The van der Waals surface area contributed by atoms with Gasteiger partial charge in [0.25, 0.3) is 5.91 Å². The second-order valence-electron chi connectivity index (χ2n) is 5.89. The molecule has 1 N–H and O–H groups in total. The summed E-state index contributed by atoms with van der Waals surface area (Å²) in [7, 11) is -3.55. The number of benzene rings is 2. The van der Waals surface area contributed by atoms with Crippen LogP contribution in [0.2, 0.25) is 0 Å². The smallest absolute Gasteiger partial charge is 0.267 e. The number of rotatable bonds is 5. The highest BCUT2D eigenvalue weighted by molar-refractivity contribution is 9.10. The average molecular weight is 436 g/mol. The summed E-state index contributed by atoms with van der Waals surface area (Å²) in [5.74, 6) is -0.461. The summed E-state index contributed by atoms with van der Waals surface area (Å²) >= 11 is 3.35. The minimum Gasteiger partial charge on any atom is -0.267 e. The van der Waals surface area contributed by atoms with Gasteiger partial charge in [0.1, 0.15) is 0 Å². The van der Waals surface area contributed by atoms with Crippen LogP contribution in [-0.2, 0) is 10.0 Å². The topological polar surface area (TPSA) is 78.8 Å². The summed E-state index contributed by atoms with van der Waals surface area (Å²) in [6, 6.07) is 13.5. The van der Waals surface area contributed by atoms with Crippen molar-refractivity contribution in [3.8, 4) is 0 Å². The summed E-state index contributed by atoms with van der Waals surface area (Å²) in [5.41, 5.74) is 3.50. The molecule has 1 saturated heterocycles. The average Bonchev–Trinajstić information content (AvgIpc) is 3.19. The summed E-state index contributed by atoms with van der Waals surface area (Å²) in [5, 5.41) is 3.92. The molecule has 0 spiro atoms. The van der Waals surface area contributed by atoms with Crippen molar-refractivity contribution < 1.29 is 13.2 Å². The number of hydrazone groups is 1. The molecule has 2 aromatic carbocycles. The summed E-state index contributed by atoms with van der Waals surface area (Å²) < 4.78 is 27.6. The zero-order valence-electron chi connectivity index (χ0n) is 13.9. The second-order valence-corrected chi connectivity index (χ2v) is 8.74. The predicted molar refractivity (Wildman–Crippen MR) is 104 cm³/mol. The summed E-state index contributed by atoms with van der Waals surface area (Å²) in [6.07, 6.45) is 3.25. The first-order chi connectivity index (χ1) is 12.5. The summed E-state index contributed by atoms with van der Waals surface area (Å²) in [4.78, 5) is 12.4. The third kappa shape index (κ3) is 4.38. The molecule has 0 radical (unpaired) electrons. The molecule has 1 aliphatic heterocycles. The number of carbonyl (C=O) groups is 1. The molecule has 0 atom stereocenters. The zero-order valence-corrected chi connectivity index (χ0v) is 16.3. The normalized spacial score (nSPS) is 15.4. The minimum atomic E-state index is -3.55. The third-order valence-corrected chi connectivity index (χ3v) is 6.47. The van der Waals surface area contributed by atoms with Crippen LogP contribution < -0.4 is 5.43 Å². The molecular weight excluding hydrogens is 418 g/mol. The maximum atomic E-state index is 12.6. The second kappa shape index (κ2) is 8.11. The highest BCUT2D eigenvalue weighted by Crippen LogP contribution is 2.21. The van der Waals surface area contributed by atoms with E-state index in [0.29, 0.717) is 13.1 Å². The van der Waals surface area contributed by atoms with Gasteiger partial charge in [0, 0.05) is 23.1 Å². The molecule has 1 heterocycles. The first kappa shape index (κ1) is 18.8.